The summed E-state index contributed by atoms with van der Waals surface area (Å²) in [5, 5.41) is 3.26. The minimum Gasteiger partial charge on any atom is -0.352 e. The first-order valence-corrected chi connectivity index (χ1v) is 14.6. The molecule has 38 heavy (non-hydrogen) atoms. The van der Waals surface area contributed by atoms with Crippen molar-refractivity contribution >= 4 is 23.6 Å². The largest absolute Gasteiger partial charge is 0.352 e. The highest BCUT2D eigenvalue weighted by molar-refractivity contribution is 7.99. The van der Waals surface area contributed by atoms with Crippen LogP contribution in [-0.4, -0.2) is 34.6 Å². The van der Waals surface area contributed by atoms with Gasteiger partial charge in [-0.05, 0) is 48.6 Å². The fourth-order valence-electron chi connectivity index (χ4n) is 4.91. The molecule has 0 aliphatic heterocycles. The van der Waals surface area contributed by atoms with E-state index in [2.05, 4.69) is 36.5 Å². The standard InChI is InChI=1S/C32H37FN2O2S/c1-24-12-14-27(15-13-24)22-38-23-31(36)35(21-26-16-18-28(33)19-17-26)30(20-25-8-4-2-5-9-25)32(37)34-29-10-6-3-7-11-29/h2,4-5,8-9,12-19,29-30H,3,6-7,10-11,20-23H2,1H3,(H,34,37)/t30-/m0/s1. The van der Waals surface area contributed by atoms with Crippen LogP contribution in [0.15, 0.2) is 78.9 Å². The van der Waals surface area contributed by atoms with Crippen molar-refractivity contribution in [1.29, 1.82) is 0 Å². The Morgan fingerprint density at radius 1 is 0.895 bits per heavy atom. The lowest BCUT2D eigenvalue weighted by Crippen LogP contribution is -2.53. The molecule has 1 fully saturated rings. The number of benzene rings is 3. The molecule has 0 unspecified atom stereocenters. The highest BCUT2D eigenvalue weighted by Gasteiger charge is 2.31. The minimum atomic E-state index is -0.656. The van der Waals surface area contributed by atoms with Gasteiger partial charge in [0.15, 0.2) is 0 Å². The molecule has 1 saturated carbocycles. The molecule has 0 saturated heterocycles. The van der Waals surface area contributed by atoms with E-state index in [0.29, 0.717) is 12.2 Å². The first-order valence-electron chi connectivity index (χ1n) is 13.5. The Labute approximate surface area is 230 Å². The molecule has 4 rings (SSSR count). The maximum atomic E-state index is 13.8. The van der Waals surface area contributed by atoms with E-state index in [4.69, 9.17) is 0 Å². The molecule has 1 aliphatic rings. The molecule has 1 N–H and O–H groups in total. The van der Waals surface area contributed by atoms with E-state index >= 15 is 0 Å². The number of nitrogens with zero attached hydrogens (tertiary/aromatic N) is 1. The number of halogens is 1. The average molecular weight is 533 g/mol. The minimum absolute atomic E-state index is 0.0915. The van der Waals surface area contributed by atoms with Gasteiger partial charge in [-0.2, -0.15) is 0 Å². The molecular formula is C32H37FN2O2S. The van der Waals surface area contributed by atoms with Crippen LogP contribution >= 0.6 is 11.8 Å². The van der Waals surface area contributed by atoms with Crippen LogP contribution in [0.25, 0.3) is 0 Å². The van der Waals surface area contributed by atoms with Crippen molar-refractivity contribution in [3.63, 3.8) is 0 Å². The Morgan fingerprint density at radius 2 is 1.55 bits per heavy atom. The second kappa shape index (κ2) is 14.1. The van der Waals surface area contributed by atoms with Crippen molar-refractivity contribution < 1.29 is 14.0 Å². The lowest BCUT2D eigenvalue weighted by Gasteiger charge is -2.33. The van der Waals surface area contributed by atoms with Gasteiger partial charge in [0.25, 0.3) is 0 Å². The summed E-state index contributed by atoms with van der Waals surface area (Å²) in [6, 6.07) is 23.8. The summed E-state index contributed by atoms with van der Waals surface area (Å²) in [5.41, 5.74) is 4.16. The van der Waals surface area contributed by atoms with Gasteiger partial charge in [-0.15, -0.1) is 11.8 Å². The summed E-state index contributed by atoms with van der Waals surface area (Å²) in [6.07, 6.45) is 5.80. The van der Waals surface area contributed by atoms with Crippen molar-refractivity contribution in [2.75, 3.05) is 5.75 Å². The van der Waals surface area contributed by atoms with Gasteiger partial charge in [-0.1, -0.05) is 91.6 Å². The average Bonchev–Trinajstić information content (AvgIpc) is 2.94. The Kier molecular flexibility index (Phi) is 10.4. The number of nitrogens with one attached hydrogen (secondary N) is 1. The van der Waals surface area contributed by atoms with Crippen molar-refractivity contribution in [1.82, 2.24) is 10.2 Å². The molecule has 2 amide bonds. The number of amides is 2. The van der Waals surface area contributed by atoms with E-state index in [-0.39, 0.29) is 36.0 Å². The van der Waals surface area contributed by atoms with E-state index < -0.39 is 6.04 Å². The zero-order valence-corrected chi connectivity index (χ0v) is 22.9. The van der Waals surface area contributed by atoms with Gasteiger partial charge >= 0.3 is 0 Å². The number of aryl methyl sites for hydroxylation is 1. The van der Waals surface area contributed by atoms with Crippen LogP contribution < -0.4 is 5.32 Å². The van der Waals surface area contributed by atoms with E-state index in [1.807, 2.05) is 30.3 Å². The van der Waals surface area contributed by atoms with Gasteiger partial charge in [-0.3, -0.25) is 9.59 Å². The van der Waals surface area contributed by atoms with Gasteiger partial charge in [0.05, 0.1) is 5.75 Å². The lowest BCUT2D eigenvalue weighted by molar-refractivity contribution is -0.139. The topological polar surface area (TPSA) is 49.4 Å². The number of rotatable bonds is 11. The molecule has 0 aromatic heterocycles. The third-order valence-electron chi connectivity index (χ3n) is 7.10. The molecule has 0 radical (unpaired) electrons. The molecule has 6 heteroatoms. The molecule has 1 atom stereocenters. The predicted octanol–water partition coefficient (Wildman–Crippen LogP) is 6.46. The summed E-state index contributed by atoms with van der Waals surface area (Å²) in [4.78, 5) is 29.2. The van der Waals surface area contributed by atoms with E-state index in [1.54, 1.807) is 28.8 Å². The number of carbonyl (C=O) groups is 2. The Morgan fingerprint density at radius 3 is 2.24 bits per heavy atom. The maximum absolute atomic E-state index is 13.8. The fourth-order valence-corrected chi connectivity index (χ4v) is 5.78. The van der Waals surface area contributed by atoms with E-state index in [0.717, 1.165) is 42.4 Å². The van der Waals surface area contributed by atoms with Crippen LogP contribution in [0.5, 0.6) is 0 Å². The summed E-state index contributed by atoms with van der Waals surface area (Å²) in [7, 11) is 0. The summed E-state index contributed by atoms with van der Waals surface area (Å²) in [6.45, 7) is 2.30. The summed E-state index contributed by atoms with van der Waals surface area (Å²) >= 11 is 1.55. The monoisotopic (exact) mass is 532 g/mol. The van der Waals surface area contributed by atoms with E-state index in [9.17, 15) is 14.0 Å². The molecule has 200 valence electrons. The fraction of sp³-hybridized carbons (Fsp3) is 0.375. The second-order valence-electron chi connectivity index (χ2n) is 10.2. The highest BCUT2D eigenvalue weighted by atomic mass is 32.2. The van der Waals surface area contributed by atoms with Gasteiger partial charge in [0.2, 0.25) is 11.8 Å². The quantitative estimate of drug-likeness (QED) is 0.309. The maximum Gasteiger partial charge on any atom is 0.243 e. The second-order valence-corrected chi connectivity index (χ2v) is 11.2. The number of hydrogen-bond donors (Lipinski definition) is 1. The normalized spacial score (nSPS) is 14.6. The summed E-state index contributed by atoms with van der Waals surface area (Å²) < 4.78 is 13.6. The van der Waals surface area contributed by atoms with Crippen LogP contribution in [0.1, 0.15) is 54.4 Å². The molecule has 3 aromatic rings. The van der Waals surface area contributed by atoms with Crippen molar-refractivity contribution in [3.05, 3.63) is 107 Å². The number of carbonyl (C=O) groups excluding carboxylic acids is 2. The van der Waals surface area contributed by atoms with Gasteiger partial charge in [-0.25, -0.2) is 4.39 Å². The van der Waals surface area contributed by atoms with Crippen LogP contribution in [0.4, 0.5) is 4.39 Å². The zero-order chi connectivity index (χ0) is 26.7. The number of thioether (sulfide) groups is 1. The molecule has 0 bridgehead atoms. The highest BCUT2D eigenvalue weighted by Crippen LogP contribution is 2.21. The predicted molar refractivity (Wildman–Crippen MR) is 153 cm³/mol. The molecule has 1 aliphatic carbocycles. The molecule has 4 nitrogen and oxygen atoms in total. The first kappa shape index (κ1) is 27.9. The van der Waals surface area contributed by atoms with Crippen LogP contribution in [-0.2, 0) is 28.3 Å². The van der Waals surface area contributed by atoms with Crippen molar-refractivity contribution in [2.45, 2.75) is 69.8 Å². The van der Waals surface area contributed by atoms with Crippen LogP contribution in [0, 0.1) is 12.7 Å². The van der Waals surface area contributed by atoms with Gasteiger partial charge in [0.1, 0.15) is 11.9 Å². The Balaban J connectivity index is 1.55. The summed E-state index contributed by atoms with van der Waals surface area (Å²) in [5.74, 6) is 0.451. The third-order valence-corrected chi connectivity index (χ3v) is 8.09. The Hall–Kier alpha value is -3.12. The van der Waals surface area contributed by atoms with Crippen LogP contribution in [0.2, 0.25) is 0 Å². The molecule has 0 spiro atoms. The third kappa shape index (κ3) is 8.45. The molecule has 0 heterocycles. The molecular weight excluding hydrogens is 495 g/mol. The number of hydrogen-bond acceptors (Lipinski definition) is 3. The first-order chi connectivity index (χ1) is 18.5. The lowest BCUT2D eigenvalue weighted by atomic mass is 9.94. The molecule has 3 aromatic carbocycles. The van der Waals surface area contributed by atoms with Crippen molar-refractivity contribution in [3.8, 4) is 0 Å². The van der Waals surface area contributed by atoms with Gasteiger partial charge < -0.3 is 10.2 Å². The van der Waals surface area contributed by atoms with Crippen LogP contribution in [0.3, 0.4) is 0 Å². The zero-order valence-electron chi connectivity index (χ0n) is 22.1. The van der Waals surface area contributed by atoms with E-state index in [1.165, 1.54) is 24.1 Å². The van der Waals surface area contributed by atoms with Gasteiger partial charge in [0, 0.05) is 24.8 Å². The Bertz CT molecular complexity index is 1160. The van der Waals surface area contributed by atoms with Crippen molar-refractivity contribution in [2.24, 2.45) is 0 Å². The SMILES string of the molecule is Cc1ccc(CSCC(=O)N(Cc2ccc(F)cc2)[C@@H](Cc2ccccc2)C(=O)NC2CCCCC2)cc1. The smallest absolute Gasteiger partial charge is 0.243 e.